The number of phenolic OH excluding ortho intramolecular Hbond substituents is 1. The molecular formula is C12H15ClO3. The van der Waals surface area contributed by atoms with Crippen molar-refractivity contribution >= 4 is 17.6 Å². The van der Waals surface area contributed by atoms with E-state index in [1.807, 2.05) is 13.8 Å². The molecule has 4 heteroatoms. The Labute approximate surface area is 100.0 Å². The SMILES string of the molecule is CCC(=O)Oc1cc(Cl)c(O)c(C(C)C)c1. The van der Waals surface area contributed by atoms with E-state index in [-0.39, 0.29) is 22.7 Å². The van der Waals surface area contributed by atoms with Crippen LogP contribution < -0.4 is 4.74 Å². The molecular weight excluding hydrogens is 228 g/mol. The second-order valence-corrected chi connectivity index (χ2v) is 4.23. The number of ether oxygens (including phenoxy) is 1. The van der Waals surface area contributed by atoms with Crippen molar-refractivity contribution in [1.82, 2.24) is 0 Å². The van der Waals surface area contributed by atoms with Crippen molar-refractivity contribution in [2.24, 2.45) is 0 Å². The molecule has 0 aliphatic rings. The van der Waals surface area contributed by atoms with E-state index in [1.54, 1.807) is 13.0 Å². The number of phenols is 1. The summed E-state index contributed by atoms with van der Waals surface area (Å²) in [7, 11) is 0. The Bertz CT molecular complexity index is 399. The maximum Gasteiger partial charge on any atom is 0.310 e. The minimum Gasteiger partial charge on any atom is -0.506 e. The van der Waals surface area contributed by atoms with E-state index in [0.717, 1.165) is 0 Å². The molecule has 0 aromatic heterocycles. The number of hydrogen-bond acceptors (Lipinski definition) is 3. The Hall–Kier alpha value is -1.22. The van der Waals surface area contributed by atoms with Crippen molar-refractivity contribution in [2.75, 3.05) is 0 Å². The van der Waals surface area contributed by atoms with Crippen molar-refractivity contribution in [3.8, 4) is 11.5 Å². The highest BCUT2D eigenvalue weighted by atomic mass is 35.5. The number of esters is 1. The van der Waals surface area contributed by atoms with E-state index < -0.39 is 0 Å². The van der Waals surface area contributed by atoms with Crippen LogP contribution in [0.5, 0.6) is 11.5 Å². The van der Waals surface area contributed by atoms with Crippen LogP contribution in [-0.4, -0.2) is 11.1 Å². The summed E-state index contributed by atoms with van der Waals surface area (Å²) in [6.07, 6.45) is 0.301. The van der Waals surface area contributed by atoms with Crippen LogP contribution >= 0.6 is 11.6 Å². The Morgan fingerprint density at radius 1 is 1.50 bits per heavy atom. The van der Waals surface area contributed by atoms with Gasteiger partial charge in [-0.3, -0.25) is 4.79 Å². The molecule has 1 aromatic carbocycles. The third-order valence-electron chi connectivity index (χ3n) is 2.21. The second kappa shape index (κ2) is 5.21. The van der Waals surface area contributed by atoms with Gasteiger partial charge >= 0.3 is 5.97 Å². The Balaban J connectivity index is 3.09. The molecule has 1 rings (SSSR count). The van der Waals surface area contributed by atoms with Crippen LogP contribution in [-0.2, 0) is 4.79 Å². The zero-order valence-corrected chi connectivity index (χ0v) is 10.3. The summed E-state index contributed by atoms with van der Waals surface area (Å²) in [5.41, 5.74) is 0.673. The average Bonchev–Trinajstić information content (AvgIpc) is 2.22. The van der Waals surface area contributed by atoms with Gasteiger partial charge in [-0.1, -0.05) is 32.4 Å². The first-order valence-corrected chi connectivity index (χ1v) is 5.56. The van der Waals surface area contributed by atoms with Crippen molar-refractivity contribution in [3.05, 3.63) is 22.7 Å². The van der Waals surface area contributed by atoms with Gasteiger partial charge in [0.05, 0.1) is 5.02 Å². The standard InChI is InChI=1S/C12H15ClO3/c1-4-11(14)16-8-5-9(7(2)3)12(15)10(13)6-8/h5-7,15H,4H2,1-3H3. The minimum atomic E-state index is -0.323. The van der Waals surface area contributed by atoms with Gasteiger partial charge in [-0.25, -0.2) is 0 Å². The fourth-order valence-electron chi connectivity index (χ4n) is 1.30. The van der Waals surface area contributed by atoms with Crippen LogP contribution in [0.4, 0.5) is 0 Å². The zero-order chi connectivity index (χ0) is 12.3. The maximum absolute atomic E-state index is 11.1. The summed E-state index contributed by atoms with van der Waals surface area (Å²) in [4.78, 5) is 11.1. The van der Waals surface area contributed by atoms with Crippen molar-refractivity contribution in [1.29, 1.82) is 0 Å². The predicted molar refractivity (Wildman–Crippen MR) is 63.1 cm³/mol. The quantitative estimate of drug-likeness (QED) is 0.652. The highest BCUT2D eigenvalue weighted by Crippen LogP contribution is 2.36. The number of carbonyl (C=O) groups is 1. The van der Waals surface area contributed by atoms with E-state index in [0.29, 0.717) is 17.7 Å². The molecule has 0 saturated carbocycles. The molecule has 0 amide bonds. The van der Waals surface area contributed by atoms with Gasteiger partial charge in [-0.05, 0) is 12.0 Å². The van der Waals surface area contributed by atoms with Gasteiger partial charge in [0.1, 0.15) is 11.5 Å². The Kier molecular flexibility index (Phi) is 4.19. The molecule has 1 aromatic rings. The predicted octanol–water partition coefficient (Wildman–Crippen LogP) is 3.48. The first-order valence-electron chi connectivity index (χ1n) is 5.18. The highest BCUT2D eigenvalue weighted by Gasteiger charge is 2.13. The molecule has 0 atom stereocenters. The van der Waals surface area contributed by atoms with Gasteiger partial charge in [-0.2, -0.15) is 0 Å². The van der Waals surface area contributed by atoms with Crippen LogP contribution in [0.1, 0.15) is 38.7 Å². The number of carbonyl (C=O) groups excluding carboxylic acids is 1. The van der Waals surface area contributed by atoms with Crippen LogP contribution in [0, 0.1) is 0 Å². The molecule has 88 valence electrons. The van der Waals surface area contributed by atoms with Gasteiger partial charge in [-0.15, -0.1) is 0 Å². The lowest BCUT2D eigenvalue weighted by atomic mass is 10.0. The van der Waals surface area contributed by atoms with Crippen molar-refractivity contribution in [2.45, 2.75) is 33.1 Å². The molecule has 0 aliphatic heterocycles. The van der Waals surface area contributed by atoms with E-state index >= 15 is 0 Å². The summed E-state index contributed by atoms with van der Waals surface area (Å²) >= 11 is 5.85. The molecule has 0 saturated heterocycles. The molecule has 3 nitrogen and oxygen atoms in total. The molecule has 0 bridgehead atoms. The number of rotatable bonds is 3. The molecule has 1 N–H and O–H groups in total. The van der Waals surface area contributed by atoms with Gasteiger partial charge in [0.25, 0.3) is 0 Å². The molecule has 0 unspecified atom stereocenters. The number of halogens is 1. The molecule has 0 fully saturated rings. The minimum absolute atomic E-state index is 0.0490. The first kappa shape index (κ1) is 12.8. The van der Waals surface area contributed by atoms with E-state index in [9.17, 15) is 9.90 Å². The number of benzene rings is 1. The third-order valence-corrected chi connectivity index (χ3v) is 2.50. The molecule has 0 aliphatic carbocycles. The fraction of sp³-hybridized carbons (Fsp3) is 0.417. The smallest absolute Gasteiger partial charge is 0.310 e. The topological polar surface area (TPSA) is 46.5 Å². The van der Waals surface area contributed by atoms with Crippen LogP contribution in [0.2, 0.25) is 5.02 Å². The average molecular weight is 243 g/mol. The Morgan fingerprint density at radius 2 is 2.12 bits per heavy atom. The van der Waals surface area contributed by atoms with Gasteiger partial charge in [0, 0.05) is 18.1 Å². The monoisotopic (exact) mass is 242 g/mol. The Morgan fingerprint density at radius 3 is 2.62 bits per heavy atom. The van der Waals surface area contributed by atoms with Gasteiger partial charge < -0.3 is 9.84 Å². The summed E-state index contributed by atoms with van der Waals surface area (Å²) in [5, 5.41) is 9.91. The molecule has 0 radical (unpaired) electrons. The summed E-state index contributed by atoms with van der Waals surface area (Å²) in [6, 6.07) is 3.08. The zero-order valence-electron chi connectivity index (χ0n) is 9.58. The molecule has 16 heavy (non-hydrogen) atoms. The highest BCUT2D eigenvalue weighted by molar-refractivity contribution is 6.32. The lowest BCUT2D eigenvalue weighted by molar-refractivity contribution is -0.134. The largest absolute Gasteiger partial charge is 0.506 e. The summed E-state index contributed by atoms with van der Waals surface area (Å²) in [6.45, 7) is 5.57. The van der Waals surface area contributed by atoms with E-state index in [1.165, 1.54) is 6.07 Å². The van der Waals surface area contributed by atoms with Crippen molar-refractivity contribution < 1.29 is 14.6 Å². The van der Waals surface area contributed by atoms with E-state index in [4.69, 9.17) is 16.3 Å². The maximum atomic E-state index is 11.1. The summed E-state index contributed by atoms with van der Waals surface area (Å²) < 4.78 is 5.06. The normalized spacial score (nSPS) is 10.6. The third kappa shape index (κ3) is 2.89. The fourth-order valence-corrected chi connectivity index (χ4v) is 1.51. The molecule has 0 heterocycles. The second-order valence-electron chi connectivity index (χ2n) is 3.83. The van der Waals surface area contributed by atoms with E-state index in [2.05, 4.69) is 0 Å². The van der Waals surface area contributed by atoms with Gasteiger partial charge in [0.15, 0.2) is 0 Å². The summed E-state index contributed by atoms with van der Waals surface area (Å²) in [5.74, 6) is 0.209. The lowest BCUT2D eigenvalue weighted by Crippen LogP contribution is -2.06. The first-order chi connectivity index (χ1) is 7.45. The number of hydrogen-bond donors (Lipinski definition) is 1. The van der Waals surface area contributed by atoms with Crippen LogP contribution in [0.25, 0.3) is 0 Å². The van der Waals surface area contributed by atoms with Gasteiger partial charge in [0.2, 0.25) is 0 Å². The van der Waals surface area contributed by atoms with Crippen LogP contribution in [0.15, 0.2) is 12.1 Å². The number of aromatic hydroxyl groups is 1. The lowest BCUT2D eigenvalue weighted by Gasteiger charge is -2.12. The molecule has 0 spiro atoms. The van der Waals surface area contributed by atoms with Crippen LogP contribution in [0.3, 0.4) is 0 Å². The van der Waals surface area contributed by atoms with Crippen molar-refractivity contribution in [3.63, 3.8) is 0 Å².